The third-order valence-electron chi connectivity index (χ3n) is 4.06. The predicted octanol–water partition coefficient (Wildman–Crippen LogP) is 4.65. The van der Waals surface area contributed by atoms with Gasteiger partial charge in [0.05, 0.1) is 5.38 Å². The highest BCUT2D eigenvalue weighted by molar-refractivity contribution is 8.00. The summed E-state index contributed by atoms with van der Waals surface area (Å²) in [5.74, 6) is 0.917. The first kappa shape index (κ1) is 15.6. The van der Waals surface area contributed by atoms with Crippen LogP contribution in [0.5, 0.6) is 0 Å². The molecule has 2 aromatic heterocycles. The number of aromatic nitrogens is 3. The lowest BCUT2D eigenvalue weighted by Gasteiger charge is -2.31. The summed E-state index contributed by atoms with van der Waals surface area (Å²) < 4.78 is 2.42. The van der Waals surface area contributed by atoms with Crippen LogP contribution in [-0.4, -0.2) is 25.5 Å². The van der Waals surface area contributed by atoms with E-state index in [4.69, 9.17) is 11.6 Å². The van der Waals surface area contributed by atoms with Gasteiger partial charge in [0.25, 0.3) is 0 Å². The average Bonchev–Trinajstić information content (AvgIpc) is 2.84. The first-order chi connectivity index (χ1) is 9.56. The van der Waals surface area contributed by atoms with Gasteiger partial charge < -0.3 is 4.57 Å². The molecule has 1 atom stereocenters. The van der Waals surface area contributed by atoms with E-state index in [9.17, 15) is 0 Å². The zero-order valence-corrected chi connectivity index (χ0v) is 14.1. The molecule has 0 saturated carbocycles. The Balaban J connectivity index is 2.54. The number of rotatable bonds is 6. The smallest absolute Gasteiger partial charge is 0.160 e. The summed E-state index contributed by atoms with van der Waals surface area (Å²) in [6, 6.07) is 3.92. The molecule has 0 aliphatic heterocycles. The van der Waals surface area contributed by atoms with Gasteiger partial charge in [-0.2, -0.15) is 11.8 Å². The number of pyridine rings is 1. The molecule has 2 heterocycles. The zero-order valence-electron chi connectivity index (χ0n) is 12.6. The van der Waals surface area contributed by atoms with E-state index in [1.165, 1.54) is 0 Å². The van der Waals surface area contributed by atoms with E-state index in [-0.39, 0.29) is 10.1 Å². The Kier molecular flexibility index (Phi) is 4.97. The minimum atomic E-state index is -0.113. The molecule has 5 heteroatoms. The van der Waals surface area contributed by atoms with E-state index in [0.717, 1.165) is 36.4 Å². The van der Waals surface area contributed by atoms with Crippen molar-refractivity contribution in [3.63, 3.8) is 0 Å². The summed E-state index contributed by atoms with van der Waals surface area (Å²) in [5.41, 5.74) is 1.87. The Hall–Kier alpha value is -0.740. The summed E-state index contributed by atoms with van der Waals surface area (Å²) in [4.78, 5) is 9.16. The van der Waals surface area contributed by atoms with Gasteiger partial charge in [-0.25, -0.2) is 9.97 Å². The first-order valence-electron chi connectivity index (χ1n) is 7.07. The fraction of sp³-hybridized carbons (Fsp3) is 0.600. The van der Waals surface area contributed by atoms with Crippen LogP contribution in [0, 0.1) is 0 Å². The molecule has 2 aromatic rings. The van der Waals surface area contributed by atoms with Gasteiger partial charge in [-0.3, -0.25) is 0 Å². The predicted molar refractivity (Wildman–Crippen MR) is 88.6 cm³/mol. The highest BCUT2D eigenvalue weighted by Crippen LogP contribution is 2.35. The topological polar surface area (TPSA) is 30.7 Å². The van der Waals surface area contributed by atoms with Crippen LogP contribution in [0.15, 0.2) is 18.3 Å². The highest BCUT2D eigenvalue weighted by Gasteiger charge is 2.28. The molecule has 110 valence electrons. The van der Waals surface area contributed by atoms with Crippen molar-refractivity contribution in [2.75, 3.05) is 6.26 Å². The first-order valence-corrected chi connectivity index (χ1v) is 8.73. The molecule has 0 aromatic carbocycles. The normalized spacial score (nSPS) is 13.8. The summed E-state index contributed by atoms with van der Waals surface area (Å²) in [6.07, 6.45) is 6.24. The molecule has 0 N–H and O–H groups in total. The quantitative estimate of drug-likeness (QED) is 0.727. The zero-order chi connectivity index (χ0) is 14.8. The minimum Gasteiger partial charge on any atom is -0.310 e. The Morgan fingerprint density at radius 2 is 2.10 bits per heavy atom. The van der Waals surface area contributed by atoms with Crippen molar-refractivity contribution in [1.82, 2.24) is 14.5 Å². The van der Waals surface area contributed by atoms with Crippen molar-refractivity contribution < 1.29 is 0 Å². The van der Waals surface area contributed by atoms with Crippen LogP contribution in [0.3, 0.4) is 0 Å². The Bertz CT molecular complexity index is 567. The van der Waals surface area contributed by atoms with Gasteiger partial charge in [0.15, 0.2) is 5.65 Å². The van der Waals surface area contributed by atoms with Crippen LogP contribution >= 0.6 is 23.4 Å². The summed E-state index contributed by atoms with van der Waals surface area (Å²) in [5, 5.41) is -0.113. The Labute approximate surface area is 130 Å². The van der Waals surface area contributed by atoms with Crippen molar-refractivity contribution in [2.24, 2.45) is 0 Å². The van der Waals surface area contributed by atoms with Crippen LogP contribution in [0.25, 0.3) is 11.2 Å². The van der Waals surface area contributed by atoms with E-state index in [1.54, 1.807) is 0 Å². The van der Waals surface area contributed by atoms with Crippen LogP contribution in [0.2, 0.25) is 0 Å². The molecule has 0 fully saturated rings. The third-order valence-corrected chi connectivity index (χ3v) is 5.82. The van der Waals surface area contributed by atoms with E-state index in [0.29, 0.717) is 0 Å². The molecule has 0 spiro atoms. The number of nitrogens with zero attached hydrogens (tertiary/aromatic N) is 3. The number of halogens is 1. The molecule has 0 amide bonds. The summed E-state index contributed by atoms with van der Waals surface area (Å²) in [6.45, 7) is 7.37. The van der Waals surface area contributed by atoms with Gasteiger partial charge in [0, 0.05) is 17.5 Å². The van der Waals surface area contributed by atoms with E-state index < -0.39 is 0 Å². The lowest BCUT2D eigenvalue weighted by molar-refractivity contribution is 0.462. The minimum absolute atomic E-state index is 0.113. The molecular formula is C15H22ClN3S. The molecule has 2 rings (SSSR count). The SMILES string of the molecule is CCC(CC)(Cn1c(C(C)Cl)nc2cccnc21)SC. The van der Waals surface area contributed by atoms with Gasteiger partial charge in [0.1, 0.15) is 11.3 Å². The van der Waals surface area contributed by atoms with Crippen molar-refractivity contribution in [3.8, 4) is 0 Å². The van der Waals surface area contributed by atoms with Crippen LogP contribution < -0.4 is 0 Å². The molecule has 1 unspecified atom stereocenters. The highest BCUT2D eigenvalue weighted by atomic mass is 35.5. The van der Waals surface area contributed by atoms with Crippen LogP contribution in [0.4, 0.5) is 0 Å². The Morgan fingerprint density at radius 1 is 1.40 bits per heavy atom. The molecule has 20 heavy (non-hydrogen) atoms. The number of alkyl halides is 1. The van der Waals surface area contributed by atoms with Gasteiger partial charge >= 0.3 is 0 Å². The fourth-order valence-electron chi connectivity index (χ4n) is 2.55. The number of hydrogen-bond acceptors (Lipinski definition) is 3. The van der Waals surface area contributed by atoms with Gasteiger partial charge in [0.2, 0.25) is 0 Å². The number of hydrogen-bond donors (Lipinski definition) is 0. The lowest BCUT2D eigenvalue weighted by atomic mass is 10.0. The average molecular weight is 312 g/mol. The number of imidazole rings is 1. The number of thioether (sulfide) groups is 1. The molecular weight excluding hydrogens is 290 g/mol. The fourth-order valence-corrected chi connectivity index (χ4v) is 3.55. The van der Waals surface area contributed by atoms with Crippen molar-refractivity contribution in [2.45, 2.75) is 50.3 Å². The van der Waals surface area contributed by atoms with E-state index >= 15 is 0 Å². The second kappa shape index (κ2) is 6.35. The van der Waals surface area contributed by atoms with E-state index in [1.807, 2.05) is 37.0 Å². The van der Waals surface area contributed by atoms with Crippen molar-refractivity contribution in [1.29, 1.82) is 0 Å². The molecule has 0 aliphatic carbocycles. The second-order valence-corrected chi connectivity index (χ2v) is 7.04. The van der Waals surface area contributed by atoms with Gasteiger partial charge in [-0.15, -0.1) is 11.6 Å². The second-order valence-electron chi connectivity index (χ2n) is 5.11. The van der Waals surface area contributed by atoms with Crippen molar-refractivity contribution >= 4 is 34.5 Å². The van der Waals surface area contributed by atoms with E-state index in [2.05, 4.69) is 34.6 Å². The summed E-state index contributed by atoms with van der Waals surface area (Å²) in [7, 11) is 0. The van der Waals surface area contributed by atoms with Gasteiger partial charge in [-0.05, 0) is 38.2 Å². The number of fused-ring (bicyclic) bond motifs is 1. The maximum absolute atomic E-state index is 6.32. The maximum atomic E-state index is 6.32. The largest absolute Gasteiger partial charge is 0.310 e. The van der Waals surface area contributed by atoms with Crippen LogP contribution in [0.1, 0.15) is 44.8 Å². The maximum Gasteiger partial charge on any atom is 0.160 e. The third kappa shape index (κ3) is 2.82. The van der Waals surface area contributed by atoms with Gasteiger partial charge in [-0.1, -0.05) is 13.8 Å². The molecule has 0 bridgehead atoms. The standard InChI is InChI=1S/C15H22ClN3S/c1-5-15(6-2,20-4)10-19-13(11(3)16)18-12-8-7-9-17-14(12)19/h7-9,11H,5-6,10H2,1-4H3. The molecule has 0 radical (unpaired) electrons. The van der Waals surface area contributed by atoms with Crippen molar-refractivity contribution in [3.05, 3.63) is 24.2 Å². The summed E-state index contributed by atoms with van der Waals surface area (Å²) >= 11 is 8.25. The Morgan fingerprint density at radius 3 is 2.65 bits per heavy atom. The van der Waals surface area contributed by atoms with Crippen LogP contribution in [-0.2, 0) is 6.54 Å². The molecule has 0 aliphatic rings. The monoisotopic (exact) mass is 311 g/mol. The molecule has 3 nitrogen and oxygen atoms in total. The molecule has 0 saturated heterocycles. The lowest BCUT2D eigenvalue weighted by Crippen LogP contribution is -2.30.